The molecule has 0 aliphatic carbocycles. The van der Waals surface area contributed by atoms with E-state index in [-0.39, 0.29) is 0 Å². The third-order valence-corrected chi connectivity index (χ3v) is 2.85. The molecule has 0 N–H and O–H groups in total. The Morgan fingerprint density at radius 1 is 1.00 bits per heavy atom. The number of aliphatic carboxylic acids is 1. The Kier molecular flexibility index (Phi) is 14.7. The van der Waals surface area contributed by atoms with Crippen molar-refractivity contribution < 1.29 is 14.4 Å². The molecule has 0 radical (unpaired) electrons. The first-order valence-corrected chi connectivity index (χ1v) is 7.47. The summed E-state index contributed by atoms with van der Waals surface area (Å²) in [5, 5.41) is 9.14. The molecule has 0 atom stereocenters. The molecule has 0 rings (SSSR count). The highest BCUT2D eigenvalue weighted by atomic mass is 16.4. The number of carboxylic acids is 1. The van der Waals surface area contributed by atoms with E-state index in [0.29, 0.717) is 0 Å². The molecule has 0 aliphatic rings. The number of rotatable bonds is 10. The van der Waals surface area contributed by atoms with Gasteiger partial charge in [0.05, 0.1) is 33.7 Å². The van der Waals surface area contributed by atoms with Gasteiger partial charge in [0.1, 0.15) is 0 Å². The maximum absolute atomic E-state index is 9.14. The van der Waals surface area contributed by atoms with Gasteiger partial charge in [-0.05, 0) is 18.9 Å². The summed E-state index contributed by atoms with van der Waals surface area (Å²) in [7, 11) is 6.84. The normalized spacial score (nSPS) is 10.5. The van der Waals surface area contributed by atoms with Gasteiger partial charge < -0.3 is 14.4 Å². The third kappa shape index (κ3) is 26.7. The monoisotopic (exact) mass is 271 g/mol. The first-order chi connectivity index (χ1) is 8.83. The summed E-state index contributed by atoms with van der Waals surface area (Å²) >= 11 is 0. The van der Waals surface area contributed by atoms with Crippen LogP contribution in [0.1, 0.15) is 58.3 Å². The number of nitrogens with zero attached hydrogens (tertiary/aromatic N) is 1. The lowest BCUT2D eigenvalue weighted by atomic mass is 10.1. The summed E-state index contributed by atoms with van der Waals surface area (Å²) in [6, 6.07) is 0. The molecule has 0 aromatic heterocycles. The van der Waals surface area contributed by atoms with Crippen molar-refractivity contribution in [1.29, 1.82) is 0 Å². The number of carboxylic acid groups (broad SMARTS) is 1. The maximum atomic E-state index is 9.14. The molecule has 0 bridgehead atoms. The quantitative estimate of drug-likeness (QED) is 0.348. The lowest BCUT2D eigenvalue weighted by Gasteiger charge is -2.23. The van der Waals surface area contributed by atoms with Crippen molar-refractivity contribution in [2.45, 2.75) is 58.3 Å². The highest BCUT2D eigenvalue weighted by Gasteiger charge is 2.04. The maximum Gasteiger partial charge on any atom is 0.0780 e. The first kappa shape index (κ1) is 20.5. The summed E-state index contributed by atoms with van der Waals surface area (Å²) in [5.41, 5.74) is 0. The van der Waals surface area contributed by atoms with Gasteiger partial charge in [0.2, 0.25) is 0 Å². The van der Waals surface area contributed by atoms with Crippen molar-refractivity contribution in [3.63, 3.8) is 0 Å². The molecule has 0 fully saturated rings. The number of carbonyl (C=O) groups is 1. The lowest BCUT2D eigenvalue weighted by molar-refractivity contribution is -0.870. The molecule has 0 unspecified atom stereocenters. The first-order valence-electron chi connectivity index (χ1n) is 7.47. The Hall–Kier alpha value is -0.830. The van der Waals surface area contributed by atoms with Crippen LogP contribution >= 0.6 is 0 Å². The van der Waals surface area contributed by atoms with E-state index >= 15 is 0 Å². The van der Waals surface area contributed by atoms with Gasteiger partial charge in [-0.15, -0.1) is 0 Å². The van der Waals surface area contributed by atoms with Gasteiger partial charge in [0, 0.05) is 0 Å². The fraction of sp³-hybridized carbons (Fsp3) is 0.812. The van der Waals surface area contributed by atoms with E-state index < -0.39 is 5.97 Å². The minimum atomic E-state index is -1.23. The Bertz CT molecular complexity index is 219. The summed E-state index contributed by atoms with van der Waals surface area (Å²) in [6.07, 6.45) is 12.2. The van der Waals surface area contributed by atoms with Crippen LogP contribution in [0.3, 0.4) is 0 Å². The largest absolute Gasteiger partial charge is 0.545 e. The average molecular weight is 271 g/mol. The van der Waals surface area contributed by atoms with E-state index in [0.717, 1.165) is 10.6 Å². The standard InChI is InChI=1S/C13H30N.C3H4O2/c1-5-6-7-8-9-10-11-12-13-14(2,3)4;1-2-3(4)5/h5-13H2,1-4H3;2H,1H2,(H,4,5)/q+1;/p-1. The molecule has 0 saturated carbocycles. The number of hydrogen-bond acceptors (Lipinski definition) is 2. The van der Waals surface area contributed by atoms with Crippen molar-refractivity contribution in [2.75, 3.05) is 27.7 Å². The molecular formula is C16H33NO2. The summed E-state index contributed by atoms with van der Waals surface area (Å²) in [4.78, 5) is 9.14. The molecule has 0 amide bonds. The Balaban J connectivity index is 0. The highest BCUT2D eigenvalue weighted by molar-refractivity contribution is 5.76. The summed E-state index contributed by atoms with van der Waals surface area (Å²) < 4.78 is 1.12. The second-order valence-electron chi connectivity index (χ2n) is 6.01. The molecule has 0 aliphatic heterocycles. The van der Waals surface area contributed by atoms with Gasteiger partial charge in [-0.25, -0.2) is 0 Å². The molecule has 3 nitrogen and oxygen atoms in total. The average Bonchev–Trinajstić information content (AvgIpc) is 2.32. The smallest absolute Gasteiger partial charge is 0.0780 e. The Labute approximate surface area is 119 Å². The minimum Gasteiger partial charge on any atom is -0.545 e. The SMILES string of the molecule is C=CC(=O)[O-].CCCCCCCCCC[N+](C)(C)C. The second kappa shape index (κ2) is 13.6. The van der Waals surface area contributed by atoms with E-state index in [1.54, 1.807) is 0 Å². The minimum absolute atomic E-state index is 0.722. The fourth-order valence-corrected chi connectivity index (χ4v) is 1.72. The van der Waals surface area contributed by atoms with Crippen LogP contribution in [0.15, 0.2) is 12.7 Å². The molecule has 0 aromatic carbocycles. The van der Waals surface area contributed by atoms with Gasteiger partial charge in [0.25, 0.3) is 0 Å². The van der Waals surface area contributed by atoms with Crippen LogP contribution in [0.5, 0.6) is 0 Å². The predicted molar refractivity (Wildman–Crippen MR) is 80.7 cm³/mol. The number of unbranched alkanes of at least 4 members (excludes halogenated alkanes) is 7. The van der Waals surface area contributed by atoms with Gasteiger partial charge in [-0.3, -0.25) is 0 Å². The van der Waals surface area contributed by atoms with Crippen LogP contribution in [0.25, 0.3) is 0 Å². The number of hydrogen-bond donors (Lipinski definition) is 0. The van der Waals surface area contributed by atoms with Crippen molar-refractivity contribution in [3.8, 4) is 0 Å². The van der Waals surface area contributed by atoms with Crippen LogP contribution in [0.2, 0.25) is 0 Å². The van der Waals surface area contributed by atoms with Gasteiger partial charge >= 0.3 is 0 Å². The van der Waals surface area contributed by atoms with Crippen LogP contribution in [0, 0.1) is 0 Å². The number of carbonyl (C=O) groups excluding carboxylic acids is 1. The zero-order valence-electron chi connectivity index (χ0n) is 13.4. The second-order valence-corrected chi connectivity index (χ2v) is 6.01. The van der Waals surface area contributed by atoms with Crippen molar-refractivity contribution in [3.05, 3.63) is 12.7 Å². The van der Waals surface area contributed by atoms with Gasteiger partial charge in [-0.1, -0.05) is 52.0 Å². The molecule has 0 heterocycles. The molecular weight excluding hydrogens is 238 g/mol. The molecule has 0 spiro atoms. The molecule has 19 heavy (non-hydrogen) atoms. The van der Waals surface area contributed by atoms with Crippen molar-refractivity contribution in [2.24, 2.45) is 0 Å². The van der Waals surface area contributed by atoms with E-state index in [4.69, 9.17) is 9.90 Å². The zero-order valence-corrected chi connectivity index (χ0v) is 13.4. The van der Waals surface area contributed by atoms with Crippen molar-refractivity contribution >= 4 is 5.97 Å². The highest BCUT2D eigenvalue weighted by Crippen LogP contribution is 2.09. The van der Waals surface area contributed by atoms with Crippen molar-refractivity contribution in [1.82, 2.24) is 0 Å². The zero-order chi connectivity index (χ0) is 15.1. The summed E-state index contributed by atoms with van der Waals surface area (Å²) in [6.45, 7) is 6.51. The van der Waals surface area contributed by atoms with Crippen LogP contribution in [-0.4, -0.2) is 38.1 Å². The van der Waals surface area contributed by atoms with E-state index in [1.807, 2.05) is 0 Å². The molecule has 0 aromatic rings. The van der Waals surface area contributed by atoms with E-state index in [9.17, 15) is 0 Å². The van der Waals surface area contributed by atoms with Crippen LogP contribution in [-0.2, 0) is 4.79 Å². The summed E-state index contributed by atoms with van der Waals surface area (Å²) in [5.74, 6) is -1.23. The Morgan fingerprint density at radius 2 is 1.37 bits per heavy atom. The number of quaternary nitrogens is 1. The molecule has 3 heteroatoms. The predicted octanol–water partition coefficient (Wildman–Crippen LogP) is 2.76. The molecule has 0 saturated heterocycles. The van der Waals surface area contributed by atoms with Crippen LogP contribution in [0.4, 0.5) is 0 Å². The Morgan fingerprint density at radius 3 is 1.68 bits per heavy atom. The van der Waals surface area contributed by atoms with Crippen LogP contribution < -0.4 is 5.11 Å². The third-order valence-electron chi connectivity index (χ3n) is 2.85. The van der Waals surface area contributed by atoms with Gasteiger partial charge in [0.15, 0.2) is 0 Å². The molecule has 114 valence electrons. The van der Waals surface area contributed by atoms with E-state index in [2.05, 4.69) is 34.6 Å². The fourth-order valence-electron chi connectivity index (χ4n) is 1.72. The van der Waals surface area contributed by atoms with Gasteiger partial charge in [-0.2, -0.15) is 0 Å². The lowest BCUT2D eigenvalue weighted by Crippen LogP contribution is -2.35. The topological polar surface area (TPSA) is 40.1 Å². The van der Waals surface area contributed by atoms with E-state index in [1.165, 1.54) is 57.9 Å².